The van der Waals surface area contributed by atoms with Gasteiger partial charge in [0.25, 0.3) is 5.91 Å². The first-order valence-corrected chi connectivity index (χ1v) is 9.97. The van der Waals surface area contributed by atoms with Crippen molar-refractivity contribution in [2.45, 2.75) is 18.9 Å². The lowest BCUT2D eigenvalue weighted by Crippen LogP contribution is -2.45. The van der Waals surface area contributed by atoms with Gasteiger partial charge in [-0.1, -0.05) is 6.58 Å². The number of aromatic nitrogens is 3. The van der Waals surface area contributed by atoms with Crippen LogP contribution in [-0.2, 0) is 4.79 Å². The molecule has 1 saturated heterocycles. The van der Waals surface area contributed by atoms with Crippen molar-refractivity contribution in [3.8, 4) is 0 Å². The number of rotatable bonds is 5. The van der Waals surface area contributed by atoms with Crippen LogP contribution in [0.15, 0.2) is 60.0 Å². The van der Waals surface area contributed by atoms with Crippen molar-refractivity contribution < 1.29 is 9.59 Å². The second-order valence-electron chi connectivity index (χ2n) is 7.33. The molecule has 2 amide bonds. The molecule has 0 unspecified atom stereocenters. The Hall–Kier alpha value is -4.01. The largest absolute Gasteiger partial charge is 0.350 e. The molecule has 4 rings (SSSR count). The molecule has 0 spiro atoms. The minimum atomic E-state index is -0.302. The van der Waals surface area contributed by atoms with E-state index in [0.29, 0.717) is 35.9 Å². The fraction of sp³-hybridized carbons (Fsp3) is 0.227. The zero-order valence-electron chi connectivity index (χ0n) is 16.8. The number of amides is 2. The van der Waals surface area contributed by atoms with Crippen LogP contribution >= 0.6 is 0 Å². The maximum absolute atomic E-state index is 12.9. The quantitative estimate of drug-likeness (QED) is 0.546. The van der Waals surface area contributed by atoms with E-state index in [9.17, 15) is 14.4 Å². The molecule has 3 heterocycles. The van der Waals surface area contributed by atoms with E-state index in [1.807, 2.05) is 0 Å². The van der Waals surface area contributed by atoms with E-state index in [2.05, 4.69) is 32.2 Å². The first-order valence-electron chi connectivity index (χ1n) is 9.97. The lowest BCUT2D eigenvalue weighted by Gasteiger charge is -2.33. The smallest absolute Gasteiger partial charge is 0.253 e. The van der Waals surface area contributed by atoms with E-state index >= 15 is 0 Å². The minimum absolute atomic E-state index is 0.00302. The molecule has 0 bridgehead atoms. The molecular weight excluding hydrogens is 396 g/mol. The van der Waals surface area contributed by atoms with Gasteiger partial charge in [-0.25, -0.2) is 4.98 Å². The summed E-state index contributed by atoms with van der Waals surface area (Å²) in [5.74, 6) is 0.0387. The zero-order valence-corrected chi connectivity index (χ0v) is 16.8. The Morgan fingerprint density at radius 3 is 2.77 bits per heavy atom. The predicted molar refractivity (Wildman–Crippen MR) is 118 cm³/mol. The first kappa shape index (κ1) is 20.3. The number of fused-ring (bicyclic) bond motifs is 1. The average molecular weight is 418 g/mol. The molecule has 31 heavy (non-hydrogen) atoms. The summed E-state index contributed by atoms with van der Waals surface area (Å²) >= 11 is 0. The Labute approximate surface area is 178 Å². The molecule has 1 fully saturated rings. The second kappa shape index (κ2) is 8.78. The van der Waals surface area contributed by atoms with Crippen LogP contribution in [-0.4, -0.2) is 50.8 Å². The summed E-state index contributed by atoms with van der Waals surface area (Å²) in [6.45, 7) is 4.60. The first-order chi connectivity index (χ1) is 15.0. The highest BCUT2D eigenvalue weighted by molar-refractivity contribution is 5.99. The number of nitrogens with zero attached hydrogens (tertiary/aromatic N) is 3. The number of H-pyrrole nitrogens is 1. The number of benzene rings is 1. The van der Waals surface area contributed by atoms with Gasteiger partial charge in [0.15, 0.2) is 0 Å². The number of anilines is 2. The summed E-state index contributed by atoms with van der Waals surface area (Å²) < 4.78 is 0. The van der Waals surface area contributed by atoms with Crippen LogP contribution in [0.1, 0.15) is 23.2 Å². The Kier molecular flexibility index (Phi) is 5.74. The molecule has 9 heteroatoms. The van der Waals surface area contributed by atoms with Crippen molar-refractivity contribution in [3.05, 3.63) is 71.2 Å². The lowest BCUT2D eigenvalue weighted by molar-refractivity contribution is -0.111. The lowest BCUT2D eigenvalue weighted by atomic mass is 10.0. The highest BCUT2D eigenvalue weighted by atomic mass is 16.2. The molecule has 2 aromatic heterocycles. The fourth-order valence-corrected chi connectivity index (χ4v) is 3.54. The molecule has 0 radical (unpaired) electrons. The van der Waals surface area contributed by atoms with Crippen LogP contribution in [0.5, 0.6) is 0 Å². The SMILES string of the molecule is C=CC(=O)Nc1ccc(C(=O)N2CCC[C@@H](Nc3ncc4ccc(=O)[nH]c4n3)C2)cc1. The standard InChI is InChI=1S/C22H22N6O3/c1-2-18(29)24-16-8-5-14(6-9-16)21(31)28-11-3-4-17(13-28)25-22-23-12-15-7-10-19(30)26-20(15)27-22/h2,5-10,12,17H,1,3-4,11,13H2,(H,24,29)(H2,23,25,26,27,30)/t17-/m1/s1. The van der Waals surface area contributed by atoms with Gasteiger partial charge in [0.1, 0.15) is 5.65 Å². The number of hydrogen-bond donors (Lipinski definition) is 3. The molecule has 3 N–H and O–H groups in total. The van der Waals surface area contributed by atoms with Crippen LogP contribution in [0.3, 0.4) is 0 Å². The summed E-state index contributed by atoms with van der Waals surface area (Å²) in [7, 11) is 0. The number of piperidine rings is 1. The normalized spacial score (nSPS) is 16.0. The number of carbonyl (C=O) groups is 2. The highest BCUT2D eigenvalue weighted by Crippen LogP contribution is 2.18. The van der Waals surface area contributed by atoms with Crippen LogP contribution in [0.2, 0.25) is 0 Å². The summed E-state index contributed by atoms with van der Waals surface area (Å²) in [5.41, 5.74) is 1.40. The molecule has 9 nitrogen and oxygen atoms in total. The number of likely N-dealkylation sites (tertiary alicyclic amines) is 1. The molecule has 0 saturated carbocycles. The van der Waals surface area contributed by atoms with Crippen LogP contribution < -0.4 is 16.2 Å². The fourth-order valence-electron chi connectivity index (χ4n) is 3.54. The second-order valence-corrected chi connectivity index (χ2v) is 7.33. The van der Waals surface area contributed by atoms with E-state index < -0.39 is 0 Å². The molecule has 1 atom stereocenters. The maximum Gasteiger partial charge on any atom is 0.253 e. The third-order valence-electron chi connectivity index (χ3n) is 5.10. The van der Waals surface area contributed by atoms with Crippen molar-refractivity contribution in [1.82, 2.24) is 19.9 Å². The van der Waals surface area contributed by atoms with Gasteiger partial charge in [-0.15, -0.1) is 0 Å². The molecule has 0 aliphatic carbocycles. The van der Waals surface area contributed by atoms with E-state index in [1.165, 1.54) is 12.1 Å². The molecule has 1 aromatic carbocycles. The van der Waals surface area contributed by atoms with Gasteiger partial charge in [-0.3, -0.25) is 14.4 Å². The van der Waals surface area contributed by atoms with Gasteiger partial charge < -0.3 is 20.5 Å². The predicted octanol–water partition coefficient (Wildman–Crippen LogP) is 2.16. The number of aromatic amines is 1. The summed E-state index contributed by atoms with van der Waals surface area (Å²) in [4.78, 5) is 49.0. The van der Waals surface area contributed by atoms with E-state index in [0.717, 1.165) is 18.2 Å². The summed E-state index contributed by atoms with van der Waals surface area (Å²) in [6, 6.07) is 9.88. The number of nitrogens with one attached hydrogen (secondary N) is 3. The number of carbonyl (C=O) groups excluding carboxylic acids is 2. The Morgan fingerprint density at radius 1 is 1.19 bits per heavy atom. The minimum Gasteiger partial charge on any atom is -0.350 e. The molecule has 3 aromatic rings. The van der Waals surface area contributed by atoms with Crippen molar-refractivity contribution in [2.24, 2.45) is 0 Å². The zero-order chi connectivity index (χ0) is 21.8. The van der Waals surface area contributed by atoms with Crippen molar-refractivity contribution in [1.29, 1.82) is 0 Å². The molecule has 1 aliphatic heterocycles. The third-order valence-corrected chi connectivity index (χ3v) is 5.10. The van der Waals surface area contributed by atoms with Crippen LogP contribution in [0, 0.1) is 0 Å². The van der Waals surface area contributed by atoms with Crippen molar-refractivity contribution in [2.75, 3.05) is 23.7 Å². The Morgan fingerprint density at radius 2 is 2.00 bits per heavy atom. The number of pyridine rings is 1. The molecule has 1 aliphatic rings. The van der Waals surface area contributed by atoms with Crippen molar-refractivity contribution in [3.63, 3.8) is 0 Å². The highest BCUT2D eigenvalue weighted by Gasteiger charge is 2.25. The van der Waals surface area contributed by atoms with Gasteiger partial charge in [0, 0.05) is 48.0 Å². The molecule has 158 valence electrons. The van der Waals surface area contributed by atoms with Gasteiger partial charge in [0.05, 0.1) is 0 Å². The monoisotopic (exact) mass is 418 g/mol. The van der Waals surface area contributed by atoms with Gasteiger partial charge in [-0.2, -0.15) is 4.98 Å². The summed E-state index contributed by atoms with van der Waals surface area (Å²) in [6.07, 6.45) is 4.57. The van der Waals surface area contributed by atoms with Crippen LogP contribution in [0.25, 0.3) is 11.0 Å². The topological polar surface area (TPSA) is 120 Å². The van der Waals surface area contributed by atoms with E-state index in [4.69, 9.17) is 0 Å². The van der Waals surface area contributed by atoms with Crippen LogP contribution in [0.4, 0.5) is 11.6 Å². The maximum atomic E-state index is 12.9. The Bertz CT molecular complexity index is 1190. The average Bonchev–Trinajstić information content (AvgIpc) is 2.79. The van der Waals surface area contributed by atoms with Gasteiger partial charge >= 0.3 is 0 Å². The van der Waals surface area contributed by atoms with E-state index in [1.54, 1.807) is 41.4 Å². The molecular formula is C22H22N6O3. The van der Waals surface area contributed by atoms with Gasteiger partial charge in [0.2, 0.25) is 17.4 Å². The third kappa shape index (κ3) is 4.77. The number of hydrogen-bond acceptors (Lipinski definition) is 6. The Balaban J connectivity index is 1.42. The van der Waals surface area contributed by atoms with Crippen molar-refractivity contribution >= 4 is 34.5 Å². The van der Waals surface area contributed by atoms with Gasteiger partial charge in [-0.05, 0) is 49.2 Å². The summed E-state index contributed by atoms with van der Waals surface area (Å²) in [5, 5.41) is 6.68. The van der Waals surface area contributed by atoms with E-state index in [-0.39, 0.29) is 23.4 Å².